The Hall–Kier alpha value is 0.202. The van der Waals surface area contributed by atoms with Crippen molar-refractivity contribution in [3.63, 3.8) is 0 Å². The molecule has 0 nitrogen and oxygen atoms in total. The van der Waals surface area contributed by atoms with E-state index in [1.807, 2.05) is 0 Å². The molecule has 0 heterocycles. The van der Waals surface area contributed by atoms with Gasteiger partial charge in [0, 0.05) is 0 Å². The molecule has 0 amide bonds. The average molecular weight is 410 g/mol. The molecule has 0 saturated carbocycles. The summed E-state index contributed by atoms with van der Waals surface area (Å²) in [5.41, 5.74) is 0. The van der Waals surface area contributed by atoms with Gasteiger partial charge in [0.15, 0.2) is 0 Å². The van der Waals surface area contributed by atoms with Gasteiger partial charge < -0.3 is 24.8 Å². The van der Waals surface area contributed by atoms with Crippen molar-refractivity contribution >= 4 is 23.9 Å². The Kier molecular flexibility index (Phi) is 12.0. The molecule has 0 bridgehead atoms. The molecule has 88 valence electrons. The van der Waals surface area contributed by atoms with Crippen LogP contribution in [0.3, 0.4) is 0 Å². The molecular formula is C12H10Cl2PdSe. The first-order valence-corrected chi connectivity index (χ1v) is 5.94. The van der Waals surface area contributed by atoms with E-state index >= 15 is 0 Å². The summed E-state index contributed by atoms with van der Waals surface area (Å²) in [5.74, 6) is 0. The second kappa shape index (κ2) is 10.4. The minimum absolute atomic E-state index is 0. The second-order valence-corrected chi connectivity index (χ2v) is 5.13. The average Bonchev–Trinajstić information content (AvgIpc) is 2.21. The van der Waals surface area contributed by atoms with Crippen molar-refractivity contribution in [2.24, 2.45) is 0 Å². The van der Waals surface area contributed by atoms with Gasteiger partial charge in [-0.3, -0.25) is 0 Å². The Morgan fingerprint density at radius 2 is 0.875 bits per heavy atom. The zero-order valence-electron chi connectivity index (χ0n) is 8.25. The van der Waals surface area contributed by atoms with Crippen molar-refractivity contribution in [3.05, 3.63) is 60.7 Å². The van der Waals surface area contributed by atoms with Gasteiger partial charge in [0.1, 0.15) is 0 Å². The Labute approximate surface area is 129 Å². The van der Waals surface area contributed by atoms with Crippen LogP contribution in [-0.2, 0) is 20.4 Å². The van der Waals surface area contributed by atoms with Gasteiger partial charge in [-0.05, 0) is 0 Å². The topological polar surface area (TPSA) is 0 Å². The molecule has 0 saturated heterocycles. The molecule has 2 aromatic rings. The first-order valence-electron chi connectivity index (χ1n) is 4.23. The predicted molar refractivity (Wildman–Crippen MR) is 57.9 cm³/mol. The van der Waals surface area contributed by atoms with Crippen LogP contribution in [0.4, 0.5) is 0 Å². The zero-order chi connectivity index (χ0) is 8.93. The van der Waals surface area contributed by atoms with Crippen LogP contribution in [0.2, 0.25) is 0 Å². The molecular weight excluding hydrogens is 400 g/mol. The molecule has 0 spiro atoms. The monoisotopic (exact) mass is 410 g/mol. The van der Waals surface area contributed by atoms with Gasteiger partial charge in [0.25, 0.3) is 0 Å². The van der Waals surface area contributed by atoms with Crippen LogP contribution in [0.15, 0.2) is 60.7 Å². The number of hydrogen-bond acceptors (Lipinski definition) is 0. The van der Waals surface area contributed by atoms with Crippen LogP contribution in [-0.4, -0.2) is 15.0 Å². The fourth-order valence-electron chi connectivity index (χ4n) is 1.11. The van der Waals surface area contributed by atoms with E-state index in [9.17, 15) is 0 Å². The van der Waals surface area contributed by atoms with Crippen LogP contribution in [0.5, 0.6) is 0 Å². The van der Waals surface area contributed by atoms with Crippen molar-refractivity contribution in [1.82, 2.24) is 0 Å². The third-order valence-electron chi connectivity index (χ3n) is 1.72. The number of hydrogen-bond donors (Lipinski definition) is 0. The molecule has 0 fully saturated rings. The third kappa shape index (κ3) is 6.06. The molecule has 16 heavy (non-hydrogen) atoms. The first kappa shape index (κ1) is 18.6. The molecule has 0 aliphatic rings. The van der Waals surface area contributed by atoms with Crippen molar-refractivity contribution in [2.75, 3.05) is 0 Å². The van der Waals surface area contributed by atoms with Gasteiger partial charge in [0.05, 0.1) is 0 Å². The number of benzene rings is 2. The van der Waals surface area contributed by atoms with Crippen LogP contribution in [0.25, 0.3) is 0 Å². The van der Waals surface area contributed by atoms with Gasteiger partial charge in [-0.1, -0.05) is 0 Å². The number of rotatable bonds is 2. The maximum atomic E-state index is 2.19. The number of halogens is 2. The Bertz CT molecular complexity index is 330. The van der Waals surface area contributed by atoms with Crippen molar-refractivity contribution in [3.8, 4) is 0 Å². The van der Waals surface area contributed by atoms with E-state index in [1.165, 1.54) is 8.92 Å². The molecule has 2 rings (SSSR count). The van der Waals surface area contributed by atoms with Crippen LogP contribution < -0.4 is 33.7 Å². The molecule has 0 aliphatic heterocycles. The molecule has 0 atom stereocenters. The molecule has 0 unspecified atom stereocenters. The zero-order valence-corrected chi connectivity index (χ0v) is 13.0. The van der Waals surface area contributed by atoms with E-state index in [0.717, 1.165) is 0 Å². The third-order valence-corrected chi connectivity index (χ3v) is 3.85. The standard InChI is InChI=1S/C12H10Se.2ClH.Pd/c1-3-7-11(8-4-1)13-12-9-5-2-6-10-12;;;/h1-10H;2*1H;/q;;;+2/p-2. The van der Waals surface area contributed by atoms with Crippen LogP contribution in [0.1, 0.15) is 0 Å². The molecule has 0 N–H and O–H groups in total. The normalized spacial score (nSPS) is 8.00. The molecule has 2 aromatic carbocycles. The summed E-state index contributed by atoms with van der Waals surface area (Å²) in [6.45, 7) is 0. The summed E-state index contributed by atoms with van der Waals surface area (Å²) in [4.78, 5) is 0. The SMILES string of the molecule is [Cl-].[Cl-].[Pd+2].c1ccc([Se]c2ccccc2)cc1. The van der Waals surface area contributed by atoms with E-state index < -0.39 is 0 Å². The van der Waals surface area contributed by atoms with Crippen LogP contribution in [0, 0.1) is 0 Å². The van der Waals surface area contributed by atoms with Crippen LogP contribution >= 0.6 is 0 Å². The Morgan fingerprint density at radius 1 is 0.562 bits per heavy atom. The van der Waals surface area contributed by atoms with Gasteiger partial charge in [0.2, 0.25) is 0 Å². The van der Waals surface area contributed by atoms with Gasteiger partial charge in [-0.15, -0.1) is 0 Å². The van der Waals surface area contributed by atoms with Gasteiger partial charge >= 0.3 is 105 Å². The summed E-state index contributed by atoms with van der Waals surface area (Å²) in [5, 5.41) is 0. The summed E-state index contributed by atoms with van der Waals surface area (Å²) in [7, 11) is 0. The van der Waals surface area contributed by atoms with E-state index in [0.29, 0.717) is 15.0 Å². The summed E-state index contributed by atoms with van der Waals surface area (Å²) < 4.78 is 2.86. The predicted octanol–water partition coefficient (Wildman–Crippen LogP) is -4.65. The minimum atomic E-state index is 0. The summed E-state index contributed by atoms with van der Waals surface area (Å²) >= 11 is 0.461. The van der Waals surface area contributed by atoms with Gasteiger partial charge in [-0.2, -0.15) is 0 Å². The second-order valence-electron chi connectivity index (χ2n) is 2.73. The Morgan fingerprint density at radius 3 is 1.19 bits per heavy atom. The first-order chi connectivity index (χ1) is 6.45. The fourth-order valence-corrected chi connectivity index (χ4v) is 2.91. The van der Waals surface area contributed by atoms with Crippen molar-refractivity contribution in [1.29, 1.82) is 0 Å². The molecule has 0 aromatic heterocycles. The van der Waals surface area contributed by atoms with E-state index in [-0.39, 0.29) is 45.2 Å². The van der Waals surface area contributed by atoms with E-state index in [2.05, 4.69) is 60.7 Å². The van der Waals surface area contributed by atoms with E-state index in [1.54, 1.807) is 0 Å². The summed E-state index contributed by atoms with van der Waals surface area (Å²) in [6.07, 6.45) is 0. The molecule has 0 radical (unpaired) electrons. The van der Waals surface area contributed by atoms with Gasteiger partial charge in [-0.25, -0.2) is 0 Å². The van der Waals surface area contributed by atoms with E-state index in [4.69, 9.17) is 0 Å². The van der Waals surface area contributed by atoms with Crippen molar-refractivity contribution in [2.45, 2.75) is 0 Å². The van der Waals surface area contributed by atoms with Crippen molar-refractivity contribution < 1.29 is 45.2 Å². The fraction of sp³-hybridized carbons (Fsp3) is 0. The molecule has 4 heteroatoms. The Balaban J connectivity index is 0. The summed E-state index contributed by atoms with van der Waals surface area (Å²) in [6, 6.07) is 21.3. The maximum absolute atomic E-state index is 2.19. The molecule has 0 aliphatic carbocycles. The quantitative estimate of drug-likeness (QED) is 0.437.